The van der Waals surface area contributed by atoms with E-state index in [-0.39, 0.29) is 24.8 Å². The molecule has 0 aliphatic heterocycles. The van der Waals surface area contributed by atoms with Gasteiger partial charge in [-0.3, -0.25) is 0 Å². The first-order valence-corrected chi connectivity index (χ1v) is 27.6. The first-order chi connectivity index (χ1) is 24.1. The van der Waals surface area contributed by atoms with Crippen LogP contribution >= 0.6 is 36.2 Å². The van der Waals surface area contributed by atoms with Crippen molar-refractivity contribution in [3.63, 3.8) is 0 Å². The van der Waals surface area contributed by atoms with E-state index < -0.39 is 25.8 Å². The summed E-state index contributed by atoms with van der Waals surface area (Å²) in [5.41, 5.74) is 19.2. The fourth-order valence-electron chi connectivity index (χ4n) is 8.50. The van der Waals surface area contributed by atoms with Crippen molar-refractivity contribution in [1.29, 1.82) is 0 Å². The molecule has 1 nitrogen and oxygen atoms in total. The second-order valence-electron chi connectivity index (χ2n) is 14.5. The summed E-state index contributed by atoms with van der Waals surface area (Å²) in [4.78, 5) is 2.83. The molecule has 2 aromatic heterocycles. The zero-order chi connectivity index (χ0) is 34.8. The number of aryl methyl sites for hydroxylation is 4. The summed E-state index contributed by atoms with van der Waals surface area (Å²) >= 11 is -0.610. The minimum atomic E-state index is -2.58. The first-order valence-electron chi connectivity index (χ1n) is 17.8. The predicted molar refractivity (Wildman–Crippen MR) is 228 cm³/mol. The molecule has 2 unspecified atom stereocenters. The third-order valence-corrected chi connectivity index (χ3v) is 31.3. The van der Waals surface area contributed by atoms with E-state index in [9.17, 15) is 0 Å². The minimum absolute atomic E-state index is 0. The molecular formula is C46H46Cl2OSSiZr. The molecule has 0 amide bonds. The van der Waals surface area contributed by atoms with Crippen molar-refractivity contribution in [3.05, 3.63) is 163 Å². The molecule has 6 aromatic rings. The summed E-state index contributed by atoms with van der Waals surface area (Å²) in [5.74, 6) is 2.04. The van der Waals surface area contributed by atoms with Crippen LogP contribution in [0.4, 0.5) is 0 Å². The number of thiophene rings is 1. The first kappa shape index (κ1) is 38.7. The van der Waals surface area contributed by atoms with Gasteiger partial charge in [0.25, 0.3) is 0 Å². The molecule has 2 atom stereocenters. The van der Waals surface area contributed by atoms with Gasteiger partial charge in [0.2, 0.25) is 0 Å². The van der Waals surface area contributed by atoms with E-state index in [1.807, 2.05) is 11.3 Å². The molecular weight excluding hydrogens is 791 g/mol. The zero-order valence-electron chi connectivity index (χ0n) is 31.2. The van der Waals surface area contributed by atoms with Crippen LogP contribution < -0.4 is 0 Å². The normalized spacial score (nSPS) is 15.6. The molecule has 2 aliphatic rings. The summed E-state index contributed by atoms with van der Waals surface area (Å²) < 4.78 is 7.43. The van der Waals surface area contributed by atoms with Gasteiger partial charge in [-0.25, -0.2) is 0 Å². The molecule has 4 aromatic carbocycles. The SMILES string of the molecule is Cc1ccc(C2=Cc3c(cc(C)c(C)c3-c3ccccc3)[CH]2[Zr]([CH]2C(c3ccc(C)s3)=Cc3c2cc(C)c(C)c3-c2ccccc2)=[Si](C)C)o1.Cl.Cl. The van der Waals surface area contributed by atoms with E-state index in [1.54, 1.807) is 16.7 Å². The minimum Gasteiger partial charge on any atom is -0.147 e. The van der Waals surface area contributed by atoms with Gasteiger partial charge in [0, 0.05) is 0 Å². The maximum atomic E-state index is 6.59. The fourth-order valence-corrected chi connectivity index (χ4v) is 29.5. The summed E-state index contributed by atoms with van der Waals surface area (Å²) in [6.45, 7) is 18.9. The van der Waals surface area contributed by atoms with E-state index in [0.29, 0.717) is 7.25 Å². The van der Waals surface area contributed by atoms with Gasteiger partial charge in [-0.2, -0.15) is 0 Å². The van der Waals surface area contributed by atoms with Gasteiger partial charge >= 0.3 is 312 Å². The monoisotopic (exact) mass is 834 g/mol. The summed E-state index contributed by atoms with van der Waals surface area (Å²) in [5, 5.41) is 0. The summed E-state index contributed by atoms with van der Waals surface area (Å²) in [6, 6.07) is 36.5. The van der Waals surface area contributed by atoms with Crippen LogP contribution in [0.15, 0.2) is 101 Å². The van der Waals surface area contributed by atoms with Gasteiger partial charge in [-0.1, -0.05) is 0 Å². The van der Waals surface area contributed by atoms with Gasteiger partial charge < -0.3 is 0 Å². The largest absolute Gasteiger partial charge is 0.147 e. The van der Waals surface area contributed by atoms with Crippen LogP contribution in [0, 0.1) is 41.5 Å². The molecule has 0 bridgehead atoms. The third-order valence-electron chi connectivity index (χ3n) is 11.1. The van der Waals surface area contributed by atoms with Gasteiger partial charge in [-0.05, 0) is 0 Å². The van der Waals surface area contributed by atoms with Gasteiger partial charge in [0.05, 0.1) is 0 Å². The Balaban J connectivity index is 0.00000232. The standard InChI is InChI=1S/C22H19O.C22H19S.C2H6Si.2ClH.Zr/c2*1-14-11-18-12-19(21-10-9-15(2)23-21)13-20(18)22(16(14)3)17-7-5-4-6-8-17;1-3-2;;;/h2*4-13H,1-3H3;1-2H3;2*1H;. The number of furan rings is 1. The van der Waals surface area contributed by atoms with E-state index in [4.69, 9.17) is 4.42 Å². The van der Waals surface area contributed by atoms with Crippen molar-refractivity contribution in [2.75, 3.05) is 0 Å². The topological polar surface area (TPSA) is 13.1 Å². The molecule has 52 heavy (non-hydrogen) atoms. The third kappa shape index (κ3) is 6.58. The Morgan fingerprint density at radius 3 is 1.54 bits per heavy atom. The predicted octanol–water partition coefficient (Wildman–Crippen LogP) is 14.1. The van der Waals surface area contributed by atoms with Crippen molar-refractivity contribution in [2.45, 2.75) is 61.9 Å². The zero-order valence-corrected chi connectivity index (χ0v) is 37.1. The Bertz CT molecular complexity index is 2250. The number of rotatable bonds is 6. The van der Waals surface area contributed by atoms with E-state index in [0.717, 1.165) is 11.5 Å². The summed E-state index contributed by atoms with van der Waals surface area (Å²) in [6.07, 6.45) is 5.17. The number of allylic oxidation sites excluding steroid dienone is 2. The molecule has 0 radical (unpaired) electrons. The average Bonchev–Trinajstić information content (AvgIpc) is 3.90. The molecule has 6 heteroatoms. The number of halogens is 2. The van der Waals surface area contributed by atoms with Gasteiger partial charge in [0.15, 0.2) is 0 Å². The van der Waals surface area contributed by atoms with Crippen LogP contribution in [0.5, 0.6) is 0 Å². The molecule has 0 fully saturated rings. The van der Waals surface area contributed by atoms with Crippen LogP contribution in [-0.4, -0.2) is 5.43 Å². The second-order valence-corrected chi connectivity index (χ2v) is 33.6. The van der Waals surface area contributed by atoms with Crippen LogP contribution in [0.2, 0.25) is 13.1 Å². The number of benzene rings is 4. The number of fused-ring (bicyclic) bond motifs is 2. The number of hydrogen-bond acceptors (Lipinski definition) is 2. The van der Waals surface area contributed by atoms with Crippen LogP contribution in [-0.2, 0) is 20.4 Å². The second kappa shape index (κ2) is 15.4. The van der Waals surface area contributed by atoms with Gasteiger partial charge in [0.1, 0.15) is 0 Å². The van der Waals surface area contributed by atoms with E-state index in [2.05, 4.69) is 164 Å². The van der Waals surface area contributed by atoms with Gasteiger partial charge in [-0.15, -0.1) is 24.8 Å². The maximum absolute atomic E-state index is 6.59. The Kier molecular flexibility index (Phi) is 11.5. The Morgan fingerprint density at radius 2 is 1.10 bits per heavy atom. The molecule has 0 N–H and O–H groups in total. The van der Waals surface area contributed by atoms with E-state index >= 15 is 0 Å². The number of hydrogen-bond donors (Lipinski definition) is 0. The molecule has 0 saturated carbocycles. The van der Waals surface area contributed by atoms with Crippen LogP contribution in [0.1, 0.15) is 73.0 Å². The van der Waals surface area contributed by atoms with E-state index in [1.165, 1.54) is 71.0 Å². The van der Waals surface area contributed by atoms with Crippen molar-refractivity contribution in [3.8, 4) is 22.3 Å². The molecule has 2 heterocycles. The summed E-state index contributed by atoms with van der Waals surface area (Å²) in [7, 11) is 0. The van der Waals surface area contributed by atoms with Crippen molar-refractivity contribution >= 4 is 64.9 Å². The average molecular weight is 837 g/mol. The smallest absolute Gasteiger partial charge is 0.147 e. The maximum Gasteiger partial charge on any atom is -0.147 e. The Hall–Kier alpha value is -2.98. The van der Waals surface area contributed by atoms with Crippen molar-refractivity contribution in [1.82, 2.24) is 0 Å². The fraction of sp³-hybridized carbons (Fsp3) is 0.217. The molecule has 8 rings (SSSR count). The Labute approximate surface area is 333 Å². The molecule has 264 valence electrons. The molecule has 0 spiro atoms. The van der Waals surface area contributed by atoms with Crippen molar-refractivity contribution < 1.29 is 24.8 Å². The Morgan fingerprint density at radius 1 is 0.596 bits per heavy atom. The van der Waals surface area contributed by atoms with Crippen LogP contribution in [0.25, 0.3) is 45.6 Å². The quantitative estimate of drug-likeness (QED) is 0.152. The molecule has 0 saturated heterocycles. The molecule has 2 aliphatic carbocycles. The van der Waals surface area contributed by atoms with Crippen LogP contribution in [0.3, 0.4) is 0 Å². The van der Waals surface area contributed by atoms with Crippen molar-refractivity contribution in [2.24, 2.45) is 0 Å².